The van der Waals surface area contributed by atoms with Crippen LogP contribution >= 0.6 is 0 Å². The van der Waals surface area contributed by atoms with E-state index >= 15 is 0 Å². The Kier molecular flexibility index (Phi) is 5.60. The van der Waals surface area contributed by atoms with Crippen LogP contribution < -0.4 is 10.2 Å². The third-order valence-electron chi connectivity index (χ3n) is 4.94. The van der Waals surface area contributed by atoms with Crippen molar-refractivity contribution >= 4 is 11.7 Å². The molecule has 2 saturated heterocycles. The fourth-order valence-electron chi connectivity index (χ4n) is 3.60. The fourth-order valence-corrected chi connectivity index (χ4v) is 3.60. The number of anilines is 1. The molecule has 0 radical (unpaired) electrons. The molecule has 0 aromatic carbocycles. The molecule has 0 unspecified atom stereocenters. The maximum atomic E-state index is 12.5. The first kappa shape index (κ1) is 17.1. The van der Waals surface area contributed by atoms with E-state index in [1.54, 1.807) is 0 Å². The van der Waals surface area contributed by atoms with E-state index in [1.165, 1.54) is 0 Å². The van der Waals surface area contributed by atoms with Crippen LogP contribution in [0.4, 0.5) is 10.5 Å². The molecule has 3 rings (SSSR count). The summed E-state index contributed by atoms with van der Waals surface area (Å²) in [5, 5.41) is 7.46. The molecule has 7 heteroatoms. The molecule has 2 aliphatic heterocycles. The zero-order chi connectivity index (χ0) is 16.9. The van der Waals surface area contributed by atoms with E-state index in [1.807, 2.05) is 35.9 Å². The highest BCUT2D eigenvalue weighted by Crippen LogP contribution is 2.20. The van der Waals surface area contributed by atoms with E-state index in [2.05, 4.69) is 15.3 Å². The van der Waals surface area contributed by atoms with Crippen molar-refractivity contribution in [1.29, 1.82) is 0 Å². The zero-order valence-electron chi connectivity index (χ0n) is 14.8. The molecule has 24 heavy (non-hydrogen) atoms. The minimum absolute atomic E-state index is 0.0760. The predicted molar refractivity (Wildman–Crippen MR) is 93.1 cm³/mol. The highest BCUT2D eigenvalue weighted by atomic mass is 16.5. The molecular weight excluding hydrogens is 306 g/mol. The standard InChI is InChI=1S/C17H29N5O2/c1-3-24-13-14-6-8-22(10-14)17(23)19-15-5-4-7-21(11-15)16-9-18-20(2)12-16/h9,12,14-15H,3-8,10-11,13H2,1-2H3,(H,19,23)/t14-,15+/m0/s1. The van der Waals surface area contributed by atoms with E-state index < -0.39 is 0 Å². The van der Waals surface area contributed by atoms with E-state index in [0.717, 1.165) is 64.3 Å². The Balaban J connectivity index is 1.48. The summed E-state index contributed by atoms with van der Waals surface area (Å²) in [5.41, 5.74) is 1.13. The van der Waals surface area contributed by atoms with Crippen LogP contribution in [0.2, 0.25) is 0 Å². The number of ether oxygens (including phenoxy) is 1. The molecule has 0 aliphatic carbocycles. The molecule has 134 valence electrons. The van der Waals surface area contributed by atoms with Gasteiger partial charge in [0.2, 0.25) is 0 Å². The van der Waals surface area contributed by atoms with E-state index in [4.69, 9.17) is 4.74 Å². The topological polar surface area (TPSA) is 62.6 Å². The van der Waals surface area contributed by atoms with E-state index in [9.17, 15) is 4.79 Å². The monoisotopic (exact) mass is 335 g/mol. The highest BCUT2D eigenvalue weighted by Gasteiger charge is 2.29. The van der Waals surface area contributed by atoms with Gasteiger partial charge in [-0.15, -0.1) is 0 Å². The molecule has 1 aromatic rings. The van der Waals surface area contributed by atoms with Crippen molar-refractivity contribution in [2.45, 2.75) is 32.2 Å². The van der Waals surface area contributed by atoms with Gasteiger partial charge in [0.05, 0.1) is 18.5 Å². The maximum absolute atomic E-state index is 12.5. The van der Waals surface area contributed by atoms with Gasteiger partial charge in [0.1, 0.15) is 0 Å². The van der Waals surface area contributed by atoms with Crippen LogP contribution in [0.1, 0.15) is 26.2 Å². The Bertz CT molecular complexity index is 547. The van der Waals surface area contributed by atoms with Crippen LogP contribution in [-0.4, -0.2) is 66.1 Å². The number of carbonyl (C=O) groups excluding carboxylic acids is 1. The van der Waals surface area contributed by atoms with Crippen molar-refractivity contribution in [2.75, 3.05) is 44.3 Å². The highest BCUT2D eigenvalue weighted by molar-refractivity contribution is 5.75. The Hall–Kier alpha value is -1.76. The van der Waals surface area contributed by atoms with Gasteiger partial charge in [0.25, 0.3) is 0 Å². The van der Waals surface area contributed by atoms with E-state index in [-0.39, 0.29) is 12.1 Å². The van der Waals surface area contributed by atoms with Crippen molar-refractivity contribution in [2.24, 2.45) is 13.0 Å². The van der Waals surface area contributed by atoms with Gasteiger partial charge in [0.15, 0.2) is 0 Å². The number of nitrogens with zero attached hydrogens (tertiary/aromatic N) is 4. The van der Waals surface area contributed by atoms with E-state index in [0.29, 0.717) is 5.92 Å². The van der Waals surface area contributed by atoms with Gasteiger partial charge in [-0.05, 0) is 26.2 Å². The lowest BCUT2D eigenvalue weighted by molar-refractivity contribution is 0.113. The summed E-state index contributed by atoms with van der Waals surface area (Å²) in [5.74, 6) is 0.481. The molecule has 1 N–H and O–H groups in total. The Morgan fingerprint density at radius 3 is 3.00 bits per heavy atom. The van der Waals surface area contributed by atoms with Gasteiger partial charge in [-0.1, -0.05) is 0 Å². The Morgan fingerprint density at radius 1 is 1.38 bits per heavy atom. The quantitative estimate of drug-likeness (QED) is 0.885. The van der Waals surface area contributed by atoms with Gasteiger partial charge in [-0.25, -0.2) is 4.79 Å². The number of hydrogen-bond donors (Lipinski definition) is 1. The summed E-state index contributed by atoms with van der Waals surface area (Å²) in [7, 11) is 1.93. The van der Waals surface area contributed by atoms with Crippen LogP contribution in [-0.2, 0) is 11.8 Å². The molecule has 0 spiro atoms. The number of hydrogen-bond acceptors (Lipinski definition) is 4. The lowest BCUT2D eigenvalue weighted by Gasteiger charge is -2.34. The number of aryl methyl sites for hydroxylation is 1. The van der Waals surface area contributed by atoms with Crippen molar-refractivity contribution in [1.82, 2.24) is 20.0 Å². The summed E-state index contributed by atoms with van der Waals surface area (Å²) in [6, 6.07) is 0.282. The molecule has 7 nitrogen and oxygen atoms in total. The average molecular weight is 335 g/mol. The number of amides is 2. The molecule has 3 heterocycles. The second-order valence-corrected chi connectivity index (χ2v) is 6.87. The van der Waals surface area contributed by atoms with Crippen molar-refractivity contribution < 1.29 is 9.53 Å². The molecule has 2 fully saturated rings. The number of aromatic nitrogens is 2. The maximum Gasteiger partial charge on any atom is 0.317 e. The Labute approximate surface area is 143 Å². The summed E-state index contributed by atoms with van der Waals surface area (Å²) >= 11 is 0. The first-order chi connectivity index (χ1) is 11.7. The van der Waals surface area contributed by atoms with Crippen molar-refractivity contribution in [3.63, 3.8) is 0 Å². The Morgan fingerprint density at radius 2 is 2.25 bits per heavy atom. The summed E-state index contributed by atoms with van der Waals surface area (Å²) in [6.07, 6.45) is 7.09. The first-order valence-corrected chi connectivity index (χ1v) is 9.02. The zero-order valence-corrected chi connectivity index (χ0v) is 14.8. The van der Waals surface area contributed by atoms with Crippen LogP contribution in [0.15, 0.2) is 12.4 Å². The lowest BCUT2D eigenvalue weighted by atomic mass is 10.1. The molecular formula is C17H29N5O2. The van der Waals surface area contributed by atoms with Crippen molar-refractivity contribution in [3.8, 4) is 0 Å². The van der Waals surface area contributed by atoms with Crippen LogP contribution in [0.5, 0.6) is 0 Å². The molecule has 0 bridgehead atoms. The first-order valence-electron chi connectivity index (χ1n) is 9.02. The lowest BCUT2D eigenvalue weighted by Crippen LogP contribution is -2.51. The predicted octanol–water partition coefficient (Wildman–Crippen LogP) is 1.46. The van der Waals surface area contributed by atoms with Crippen LogP contribution in [0.3, 0.4) is 0 Å². The smallest absolute Gasteiger partial charge is 0.317 e. The summed E-state index contributed by atoms with van der Waals surface area (Å²) in [6.45, 7) is 7.04. The number of carbonyl (C=O) groups is 1. The number of likely N-dealkylation sites (tertiary alicyclic amines) is 1. The SMILES string of the molecule is CCOC[C@H]1CCN(C(=O)N[C@@H]2CCCN(c3cnn(C)c3)C2)C1. The largest absolute Gasteiger partial charge is 0.381 e. The van der Waals surface area contributed by atoms with Gasteiger partial charge in [-0.2, -0.15) is 5.10 Å². The summed E-state index contributed by atoms with van der Waals surface area (Å²) < 4.78 is 7.31. The van der Waals surface area contributed by atoms with Gasteiger partial charge in [0, 0.05) is 58.0 Å². The average Bonchev–Trinajstić information content (AvgIpc) is 3.22. The molecule has 2 amide bonds. The second kappa shape index (κ2) is 7.88. The minimum atomic E-state index is 0.0760. The van der Waals surface area contributed by atoms with Gasteiger partial charge >= 0.3 is 6.03 Å². The molecule has 2 aliphatic rings. The third kappa shape index (κ3) is 4.20. The van der Waals surface area contributed by atoms with Gasteiger partial charge < -0.3 is 19.9 Å². The third-order valence-corrected chi connectivity index (χ3v) is 4.94. The van der Waals surface area contributed by atoms with Crippen LogP contribution in [0, 0.1) is 5.92 Å². The summed E-state index contributed by atoms with van der Waals surface area (Å²) in [4.78, 5) is 16.8. The normalized spacial score (nSPS) is 24.4. The van der Waals surface area contributed by atoms with Gasteiger partial charge in [-0.3, -0.25) is 4.68 Å². The minimum Gasteiger partial charge on any atom is -0.381 e. The van der Waals surface area contributed by atoms with Crippen LogP contribution in [0.25, 0.3) is 0 Å². The number of rotatable bonds is 5. The molecule has 0 saturated carbocycles. The van der Waals surface area contributed by atoms with Crippen molar-refractivity contribution in [3.05, 3.63) is 12.4 Å². The molecule has 1 aromatic heterocycles. The number of nitrogens with one attached hydrogen (secondary N) is 1. The second-order valence-electron chi connectivity index (χ2n) is 6.87. The fraction of sp³-hybridized carbons (Fsp3) is 0.765. The number of piperidine rings is 1. The number of urea groups is 1. The molecule has 2 atom stereocenters.